The van der Waals surface area contributed by atoms with Gasteiger partial charge in [-0.1, -0.05) is 29.7 Å². The predicted octanol–water partition coefficient (Wildman–Crippen LogP) is 3.39. The SMILES string of the molecule is Br.Br.C.C.C.C.[H-].[H-].[H-].[H-].[Mg+2].[Mg+2]. The van der Waals surface area contributed by atoms with E-state index in [-0.39, 0.29) is 115 Å². The number of hydrogen-bond acceptors (Lipinski definition) is 0. The smallest absolute Gasteiger partial charge is 1.00 e. The number of hydrogen-bond donors (Lipinski definition) is 0. The first-order valence-corrected chi connectivity index (χ1v) is 0. The Balaban J connectivity index is 0. The minimum absolute atomic E-state index is 0. The summed E-state index contributed by atoms with van der Waals surface area (Å²) >= 11 is 0. The fraction of sp³-hybridized carbons (Fsp3) is 1.00. The van der Waals surface area contributed by atoms with Crippen LogP contribution >= 0.6 is 34.0 Å². The van der Waals surface area contributed by atoms with Crippen LogP contribution in [-0.4, -0.2) is 46.1 Å². The van der Waals surface area contributed by atoms with Gasteiger partial charge in [-0.25, -0.2) is 0 Å². The third-order valence-corrected chi connectivity index (χ3v) is 0. The largest absolute Gasteiger partial charge is 2.00 e. The van der Waals surface area contributed by atoms with Gasteiger partial charge in [-0.3, -0.25) is 0 Å². The van der Waals surface area contributed by atoms with Crippen molar-refractivity contribution in [3.8, 4) is 0 Å². The van der Waals surface area contributed by atoms with Gasteiger partial charge < -0.3 is 5.71 Å². The van der Waals surface area contributed by atoms with E-state index in [1.54, 1.807) is 0 Å². The molecule has 0 spiro atoms. The molecule has 0 N–H and O–H groups in total. The Morgan fingerprint density at radius 2 is 0.500 bits per heavy atom. The molecule has 0 nitrogen and oxygen atoms in total. The van der Waals surface area contributed by atoms with Crippen molar-refractivity contribution in [2.45, 2.75) is 29.7 Å². The zero-order valence-corrected chi connectivity index (χ0v) is 8.49. The van der Waals surface area contributed by atoms with Crippen LogP contribution in [-0.2, 0) is 0 Å². The standard InChI is InChI=1S/4CH4.2BrH.2Mg.4H/h4*1H4;2*1H;;;;;;/q;;;;;;2*+2;4*-1. The molecule has 0 aliphatic rings. The summed E-state index contributed by atoms with van der Waals surface area (Å²) in [5, 5.41) is 0. The minimum atomic E-state index is 0. The van der Waals surface area contributed by atoms with E-state index in [2.05, 4.69) is 0 Å². The van der Waals surface area contributed by atoms with Gasteiger partial charge in [0.2, 0.25) is 0 Å². The summed E-state index contributed by atoms with van der Waals surface area (Å²) in [6.07, 6.45) is 0. The molecule has 0 saturated heterocycles. The second-order valence-electron chi connectivity index (χ2n) is 0. The summed E-state index contributed by atoms with van der Waals surface area (Å²) in [4.78, 5) is 0. The van der Waals surface area contributed by atoms with Crippen molar-refractivity contribution in [3.05, 3.63) is 0 Å². The Morgan fingerprint density at radius 1 is 0.500 bits per heavy atom. The van der Waals surface area contributed by atoms with Crippen LogP contribution < -0.4 is 0 Å². The maximum Gasteiger partial charge on any atom is 2.00 e. The number of halogens is 2. The Labute approximate surface area is 114 Å². The van der Waals surface area contributed by atoms with Crippen molar-refractivity contribution in [1.82, 2.24) is 0 Å². The molecule has 0 bridgehead atoms. The first-order chi connectivity index (χ1) is 0. The summed E-state index contributed by atoms with van der Waals surface area (Å²) in [5.74, 6) is 0. The molecule has 0 saturated carbocycles. The van der Waals surface area contributed by atoms with Crippen molar-refractivity contribution in [2.75, 3.05) is 0 Å². The summed E-state index contributed by atoms with van der Waals surface area (Å²) in [6.45, 7) is 0. The van der Waals surface area contributed by atoms with E-state index < -0.39 is 0 Å². The van der Waals surface area contributed by atoms with Gasteiger partial charge in [-0.2, -0.15) is 0 Å². The molecule has 0 aromatic heterocycles. The van der Waals surface area contributed by atoms with Crippen molar-refractivity contribution < 1.29 is 5.71 Å². The third kappa shape index (κ3) is 76.7. The number of rotatable bonds is 0. The van der Waals surface area contributed by atoms with Crippen LogP contribution in [0.5, 0.6) is 0 Å². The molecule has 0 aliphatic heterocycles. The second-order valence-corrected chi connectivity index (χ2v) is 0. The van der Waals surface area contributed by atoms with Crippen molar-refractivity contribution in [2.24, 2.45) is 0 Å². The van der Waals surface area contributed by atoms with Crippen LogP contribution in [0.2, 0.25) is 0 Å². The molecule has 0 aromatic carbocycles. The first kappa shape index (κ1) is 152. The molecular formula is C4H22Br2Mg2. The van der Waals surface area contributed by atoms with Crippen molar-refractivity contribution in [1.29, 1.82) is 0 Å². The van der Waals surface area contributed by atoms with Gasteiger partial charge in [-0.05, 0) is 0 Å². The van der Waals surface area contributed by atoms with E-state index in [1.807, 2.05) is 0 Å². The molecule has 4 heteroatoms. The van der Waals surface area contributed by atoms with E-state index in [9.17, 15) is 0 Å². The molecule has 0 aliphatic carbocycles. The van der Waals surface area contributed by atoms with Gasteiger partial charge in [-0.15, -0.1) is 34.0 Å². The van der Waals surface area contributed by atoms with Crippen LogP contribution in [0, 0.1) is 0 Å². The maximum atomic E-state index is 0. The third-order valence-electron chi connectivity index (χ3n) is 0. The fourth-order valence-corrected chi connectivity index (χ4v) is 0. The average molecular weight is 279 g/mol. The monoisotopic (exact) mass is 276 g/mol. The normalized spacial score (nSPS) is 0. The molecular weight excluding hydrogens is 256 g/mol. The van der Waals surface area contributed by atoms with Gasteiger partial charge in [0.05, 0.1) is 0 Å². The van der Waals surface area contributed by atoms with Crippen LogP contribution in [0.3, 0.4) is 0 Å². The van der Waals surface area contributed by atoms with E-state index in [1.165, 1.54) is 0 Å². The Bertz CT molecular complexity index is 23.0. The molecule has 0 unspecified atom stereocenters. The zero-order valence-electron chi connectivity index (χ0n) is 6.23. The Kier molecular flexibility index (Phi) is 2100. The summed E-state index contributed by atoms with van der Waals surface area (Å²) < 4.78 is 0. The summed E-state index contributed by atoms with van der Waals surface area (Å²) in [5.41, 5.74) is 0. The van der Waals surface area contributed by atoms with Gasteiger partial charge in [0, 0.05) is 0 Å². The molecule has 0 radical (unpaired) electrons. The van der Waals surface area contributed by atoms with E-state index in [4.69, 9.17) is 0 Å². The maximum absolute atomic E-state index is 0. The molecule has 0 amide bonds. The van der Waals surface area contributed by atoms with Crippen molar-refractivity contribution >= 4 is 80.1 Å². The molecule has 0 atom stereocenters. The molecule has 56 valence electrons. The van der Waals surface area contributed by atoms with Crippen LogP contribution in [0.25, 0.3) is 0 Å². The quantitative estimate of drug-likeness (QED) is 0.596. The van der Waals surface area contributed by atoms with E-state index in [0.29, 0.717) is 0 Å². The zero-order chi connectivity index (χ0) is 0. The first-order valence-electron chi connectivity index (χ1n) is 0. The van der Waals surface area contributed by atoms with Crippen LogP contribution in [0.1, 0.15) is 35.4 Å². The van der Waals surface area contributed by atoms with Gasteiger partial charge in [0.15, 0.2) is 0 Å². The van der Waals surface area contributed by atoms with Crippen LogP contribution in [0.4, 0.5) is 0 Å². The van der Waals surface area contributed by atoms with Gasteiger partial charge in [0.25, 0.3) is 0 Å². The van der Waals surface area contributed by atoms with Crippen molar-refractivity contribution in [3.63, 3.8) is 0 Å². The predicted molar refractivity (Wildman–Crippen MR) is 63.5 cm³/mol. The summed E-state index contributed by atoms with van der Waals surface area (Å²) in [7, 11) is 0. The Morgan fingerprint density at radius 3 is 0.500 bits per heavy atom. The Hall–Kier alpha value is 2.49. The average Bonchev–Trinajstić information content (AvgIpc) is 0. The van der Waals surface area contributed by atoms with E-state index >= 15 is 0 Å². The molecule has 0 rings (SSSR count). The molecule has 8 heavy (non-hydrogen) atoms. The molecule has 0 heterocycles. The van der Waals surface area contributed by atoms with Crippen LogP contribution in [0.15, 0.2) is 0 Å². The second kappa shape index (κ2) is 110. The molecule has 0 aromatic rings. The van der Waals surface area contributed by atoms with Gasteiger partial charge >= 0.3 is 46.1 Å². The fourth-order valence-electron chi connectivity index (χ4n) is 0. The topological polar surface area (TPSA) is 0 Å². The summed E-state index contributed by atoms with van der Waals surface area (Å²) in [6, 6.07) is 0. The van der Waals surface area contributed by atoms with Gasteiger partial charge in [0.1, 0.15) is 0 Å². The van der Waals surface area contributed by atoms with E-state index in [0.717, 1.165) is 0 Å². The minimum Gasteiger partial charge on any atom is -1.00 e. The molecule has 0 fully saturated rings.